The van der Waals surface area contributed by atoms with Crippen LogP contribution >= 0.6 is 0 Å². The standard InChI is InChI=1S/C14H26N2O3/c1-9(2)8-12(14(18)19)16-13(17)10-6-4-3-5-7-11(10)15/h9-12H,3-8,15H2,1-2H3,(H,16,17)(H,18,19). The van der Waals surface area contributed by atoms with Gasteiger partial charge >= 0.3 is 5.97 Å². The molecule has 1 rings (SSSR count). The maximum absolute atomic E-state index is 12.2. The zero-order chi connectivity index (χ0) is 14.4. The van der Waals surface area contributed by atoms with Gasteiger partial charge in [-0.2, -0.15) is 0 Å². The lowest BCUT2D eigenvalue weighted by Gasteiger charge is -2.24. The average molecular weight is 270 g/mol. The molecule has 1 saturated carbocycles. The summed E-state index contributed by atoms with van der Waals surface area (Å²) in [6.45, 7) is 3.89. The molecule has 3 atom stereocenters. The van der Waals surface area contributed by atoms with Crippen LogP contribution < -0.4 is 11.1 Å². The number of nitrogens with two attached hydrogens (primary N) is 1. The van der Waals surface area contributed by atoms with Crippen LogP contribution in [0.5, 0.6) is 0 Å². The second-order valence-corrected chi connectivity index (χ2v) is 5.94. The molecule has 0 aromatic heterocycles. The van der Waals surface area contributed by atoms with Crippen molar-refractivity contribution in [2.75, 3.05) is 0 Å². The van der Waals surface area contributed by atoms with Crippen LogP contribution in [0.2, 0.25) is 0 Å². The highest BCUT2D eigenvalue weighted by Crippen LogP contribution is 2.22. The third kappa shape index (κ3) is 5.19. The molecular formula is C14H26N2O3. The summed E-state index contributed by atoms with van der Waals surface area (Å²) in [7, 11) is 0. The predicted octanol–water partition coefficient (Wildman–Crippen LogP) is 1.51. The molecule has 0 aliphatic heterocycles. The number of hydrogen-bond donors (Lipinski definition) is 3. The van der Waals surface area contributed by atoms with Crippen molar-refractivity contribution in [1.29, 1.82) is 0 Å². The van der Waals surface area contributed by atoms with E-state index in [2.05, 4.69) is 5.32 Å². The first-order chi connectivity index (χ1) is 8.91. The van der Waals surface area contributed by atoms with Gasteiger partial charge in [0.2, 0.25) is 5.91 Å². The molecule has 0 bridgehead atoms. The van der Waals surface area contributed by atoms with Crippen molar-refractivity contribution in [3.8, 4) is 0 Å². The van der Waals surface area contributed by atoms with E-state index in [1.807, 2.05) is 13.8 Å². The lowest BCUT2D eigenvalue weighted by atomic mass is 9.93. The first-order valence-corrected chi connectivity index (χ1v) is 7.20. The minimum Gasteiger partial charge on any atom is -0.480 e. The van der Waals surface area contributed by atoms with Crippen molar-refractivity contribution < 1.29 is 14.7 Å². The molecule has 0 aromatic rings. The molecular weight excluding hydrogens is 244 g/mol. The van der Waals surface area contributed by atoms with Crippen molar-refractivity contribution in [3.63, 3.8) is 0 Å². The number of amides is 1. The topological polar surface area (TPSA) is 92.4 Å². The fraction of sp³-hybridized carbons (Fsp3) is 0.857. The first-order valence-electron chi connectivity index (χ1n) is 7.20. The zero-order valence-corrected chi connectivity index (χ0v) is 11.9. The van der Waals surface area contributed by atoms with Gasteiger partial charge in [0.1, 0.15) is 6.04 Å². The van der Waals surface area contributed by atoms with Gasteiger partial charge in [0.15, 0.2) is 0 Å². The molecule has 0 spiro atoms. The Bertz CT molecular complexity index is 318. The van der Waals surface area contributed by atoms with Crippen molar-refractivity contribution in [2.24, 2.45) is 17.6 Å². The lowest BCUT2D eigenvalue weighted by molar-refractivity contribution is -0.143. The average Bonchev–Trinajstić information content (AvgIpc) is 2.52. The molecule has 3 unspecified atom stereocenters. The van der Waals surface area contributed by atoms with Crippen LogP contribution in [0.3, 0.4) is 0 Å². The van der Waals surface area contributed by atoms with Crippen molar-refractivity contribution >= 4 is 11.9 Å². The van der Waals surface area contributed by atoms with Gasteiger partial charge in [-0.1, -0.05) is 33.1 Å². The number of carboxylic acids is 1. The lowest BCUT2D eigenvalue weighted by Crippen LogP contribution is -2.48. The van der Waals surface area contributed by atoms with E-state index in [4.69, 9.17) is 10.8 Å². The monoisotopic (exact) mass is 270 g/mol. The van der Waals surface area contributed by atoms with Crippen LogP contribution in [-0.2, 0) is 9.59 Å². The molecule has 1 amide bonds. The Balaban J connectivity index is 2.61. The fourth-order valence-corrected chi connectivity index (χ4v) is 2.63. The number of nitrogens with one attached hydrogen (secondary N) is 1. The number of rotatable bonds is 5. The minimum absolute atomic E-state index is 0.143. The van der Waals surface area contributed by atoms with Crippen LogP contribution in [-0.4, -0.2) is 29.1 Å². The number of aliphatic carboxylic acids is 1. The van der Waals surface area contributed by atoms with Crippen LogP contribution in [0.1, 0.15) is 52.4 Å². The summed E-state index contributed by atoms with van der Waals surface area (Å²) in [5.74, 6) is -1.17. The van der Waals surface area contributed by atoms with Crippen molar-refractivity contribution in [3.05, 3.63) is 0 Å². The number of carbonyl (C=O) groups excluding carboxylic acids is 1. The molecule has 0 heterocycles. The smallest absolute Gasteiger partial charge is 0.326 e. The molecule has 5 heteroatoms. The van der Waals surface area contributed by atoms with E-state index < -0.39 is 12.0 Å². The Kier molecular flexibility index (Phi) is 6.28. The summed E-state index contributed by atoms with van der Waals surface area (Å²) >= 11 is 0. The van der Waals surface area contributed by atoms with Crippen LogP contribution in [0.4, 0.5) is 0 Å². The number of carbonyl (C=O) groups is 2. The third-order valence-corrected chi connectivity index (χ3v) is 3.73. The quantitative estimate of drug-likeness (QED) is 0.660. The van der Waals surface area contributed by atoms with Gasteiger partial charge in [-0.25, -0.2) is 4.79 Å². The Morgan fingerprint density at radius 1 is 1.26 bits per heavy atom. The Morgan fingerprint density at radius 3 is 2.47 bits per heavy atom. The fourth-order valence-electron chi connectivity index (χ4n) is 2.63. The Labute approximate surface area is 114 Å². The molecule has 5 nitrogen and oxygen atoms in total. The van der Waals surface area contributed by atoms with Crippen molar-refractivity contribution in [1.82, 2.24) is 5.32 Å². The molecule has 1 fully saturated rings. The van der Waals surface area contributed by atoms with E-state index >= 15 is 0 Å². The zero-order valence-electron chi connectivity index (χ0n) is 11.9. The minimum atomic E-state index is -0.968. The maximum atomic E-state index is 12.2. The van der Waals surface area contributed by atoms with Crippen LogP contribution in [0, 0.1) is 11.8 Å². The largest absolute Gasteiger partial charge is 0.480 e. The SMILES string of the molecule is CC(C)CC(NC(=O)C1CCCCCC1N)C(=O)O. The maximum Gasteiger partial charge on any atom is 0.326 e. The van der Waals surface area contributed by atoms with Gasteiger partial charge in [-0.05, 0) is 25.2 Å². The summed E-state index contributed by atoms with van der Waals surface area (Å²) in [4.78, 5) is 23.4. The molecule has 1 aliphatic carbocycles. The van der Waals surface area contributed by atoms with Crippen LogP contribution in [0.25, 0.3) is 0 Å². The second-order valence-electron chi connectivity index (χ2n) is 5.94. The van der Waals surface area contributed by atoms with E-state index in [0.717, 1.165) is 32.1 Å². The normalized spacial score (nSPS) is 25.7. The summed E-state index contributed by atoms with van der Waals surface area (Å²) in [6, 6.07) is -0.945. The third-order valence-electron chi connectivity index (χ3n) is 3.73. The van der Waals surface area contributed by atoms with E-state index in [1.54, 1.807) is 0 Å². The molecule has 19 heavy (non-hydrogen) atoms. The summed E-state index contributed by atoms with van der Waals surface area (Å²) < 4.78 is 0. The Hall–Kier alpha value is -1.10. The van der Waals surface area contributed by atoms with E-state index in [9.17, 15) is 9.59 Å². The predicted molar refractivity (Wildman–Crippen MR) is 73.6 cm³/mol. The molecule has 110 valence electrons. The second kappa shape index (κ2) is 7.48. The highest BCUT2D eigenvalue weighted by atomic mass is 16.4. The molecule has 0 aromatic carbocycles. The van der Waals surface area contributed by atoms with Gasteiger partial charge in [-0.15, -0.1) is 0 Å². The highest BCUT2D eigenvalue weighted by Gasteiger charge is 2.30. The first kappa shape index (κ1) is 16.0. The van der Waals surface area contributed by atoms with Gasteiger partial charge in [0.05, 0.1) is 5.92 Å². The van der Waals surface area contributed by atoms with Gasteiger partial charge in [0, 0.05) is 6.04 Å². The summed E-state index contributed by atoms with van der Waals surface area (Å²) in [5, 5.41) is 11.8. The summed E-state index contributed by atoms with van der Waals surface area (Å²) in [6.07, 6.45) is 5.21. The van der Waals surface area contributed by atoms with E-state index in [1.165, 1.54) is 0 Å². The molecule has 4 N–H and O–H groups in total. The molecule has 0 saturated heterocycles. The molecule has 1 aliphatic rings. The van der Waals surface area contributed by atoms with Gasteiger partial charge < -0.3 is 16.2 Å². The Morgan fingerprint density at radius 2 is 1.89 bits per heavy atom. The highest BCUT2D eigenvalue weighted by molar-refractivity contribution is 5.85. The summed E-state index contributed by atoms with van der Waals surface area (Å²) in [5.41, 5.74) is 6.02. The number of carboxylic acid groups (broad SMARTS) is 1. The van der Waals surface area contributed by atoms with Gasteiger partial charge in [-0.3, -0.25) is 4.79 Å². The van der Waals surface area contributed by atoms with E-state index in [0.29, 0.717) is 6.42 Å². The van der Waals surface area contributed by atoms with Crippen LogP contribution in [0.15, 0.2) is 0 Å². The number of hydrogen-bond acceptors (Lipinski definition) is 3. The van der Waals surface area contributed by atoms with Crippen molar-refractivity contribution in [2.45, 2.75) is 64.5 Å². The van der Waals surface area contributed by atoms with E-state index in [-0.39, 0.29) is 23.8 Å². The molecule has 0 radical (unpaired) electrons. The van der Waals surface area contributed by atoms with Gasteiger partial charge in [0.25, 0.3) is 0 Å².